The zero-order chi connectivity index (χ0) is 20.6. The third-order valence-corrected chi connectivity index (χ3v) is 5.98. The summed E-state index contributed by atoms with van der Waals surface area (Å²) in [4.78, 5) is 13.0. The summed E-state index contributed by atoms with van der Waals surface area (Å²) in [5.74, 6) is -0.588. The van der Waals surface area contributed by atoms with Crippen molar-refractivity contribution >= 4 is 20.8 Å². The molecule has 0 radical (unpaired) electrons. The summed E-state index contributed by atoms with van der Waals surface area (Å²) >= 11 is 0. The lowest BCUT2D eigenvalue weighted by atomic mass is 10.1. The average molecular weight is 409 g/mol. The van der Waals surface area contributed by atoms with Crippen molar-refractivity contribution in [2.75, 3.05) is 7.05 Å². The molecule has 1 heterocycles. The summed E-state index contributed by atoms with van der Waals surface area (Å²) in [6, 6.07) is 18.9. The number of para-hydroxylation sites is 1. The van der Waals surface area contributed by atoms with Crippen molar-refractivity contribution in [1.29, 1.82) is 0 Å². The Morgan fingerprint density at radius 2 is 1.62 bits per heavy atom. The standard InChI is InChI=1S/C21H16FN3O3S/c1-23-29(27,28)15-8-6-7-14(13-15)20-16-9-2-3-10-17(16)21(26)25(24-20)19-12-5-4-11-18(19)22/h2-13,23H,1H3. The molecule has 146 valence electrons. The first kappa shape index (κ1) is 19.0. The second-order valence-electron chi connectivity index (χ2n) is 6.30. The Morgan fingerprint density at radius 3 is 2.34 bits per heavy atom. The van der Waals surface area contributed by atoms with Gasteiger partial charge >= 0.3 is 0 Å². The molecule has 0 saturated heterocycles. The Labute approximate surface area is 166 Å². The number of halogens is 1. The van der Waals surface area contributed by atoms with E-state index >= 15 is 0 Å². The first-order valence-corrected chi connectivity index (χ1v) is 10.2. The van der Waals surface area contributed by atoms with Crippen molar-refractivity contribution in [3.05, 3.63) is 89.0 Å². The zero-order valence-electron chi connectivity index (χ0n) is 15.3. The van der Waals surface area contributed by atoms with Gasteiger partial charge in [0, 0.05) is 10.9 Å². The Hall–Kier alpha value is -3.36. The van der Waals surface area contributed by atoms with Gasteiger partial charge in [-0.15, -0.1) is 0 Å². The van der Waals surface area contributed by atoms with Crippen LogP contribution < -0.4 is 10.3 Å². The van der Waals surface area contributed by atoms with Crippen molar-refractivity contribution in [3.63, 3.8) is 0 Å². The predicted molar refractivity (Wildman–Crippen MR) is 109 cm³/mol. The normalized spacial score (nSPS) is 11.7. The van der Waals surface area contributed by atoms with E-state index in [0.29, 0.717) is 22.0 Å². The topological polar surface area (TPSA) is 81.1 Å². The lowest BCUT2D eigenvalue weighted by Gasteiger charge is -2.12. The van der Waals surface area contributed by atoms with E-state index in [2.05, 4.69) is 9.82 Å². The predicted octanol–water partition coefficient (Wildman–Crippen LogP) is 3.10. The van der Waals surface area contributed by atoms with E-state index in [9.17, 15) is 17.6 Å². The van der Waals surface area contributed by atoms with Crippen LogP contribution >= 0.6 is 0 Å². The molecule has 0 unspecified atom stereocenters. The molecule has 1 aromatic heterocycles. The number of nitrogens with zero attached hydrogens (tertiary/aromatic N) is 2. The number of hydrogen-bond acceptors (Lipinski definition) is 4. The van der Waals surface area contributed by atoms with Crippen molar-refractivity contribution in [3.8, 4) is 16.9 Å². The maximum Gasteiger partial charge on any atom is 0.279 e. The van der Waals surface area contributed by atoms with Crippen molar-refractivity contribution in [2.24, 2.45) is 0 Å². The van der Waals surface area contributed by atoms with Crippen LogP contribution in [0.2, 0.25) is 0 Å². The van der Waals surface area contributed by atoms with Gasteiger partial charge in [-0.2, -0.15) is 9.78 Å². The first-order valence-electron chi connectivity index (χ1n) is 8.73. The Morgan fingerprint density at radius 1 is 0.931 bits per heavy atom. The second kappa shape index (κ2) is 7.23. The molecule has 3 aromatic carbocycles. The fourth-order valence-electron chi connectivity index (χ4n) is 3.12. The van der Waals surface area contributed by atoms with Crippen molar-refractivity contribution < 1.29 is 12.8 Å². The van der Waals surface area contributed by atoms with Crippen LogP contribution in [-0.4, -0.2) is 25.2 Å². The Bertz CT molecular complexity index is 1400. The minimum Gasteiger partial charge on any atom is -0.267 e. The molecule has 0 aliphatic carbocycles. The molecule has 0 fully saturated rings. The van der Waals surface area contributed by atoms with Gasteiger partial charge in [0.25, 0.3) is 5.56 Å². The number of aromatic nitrogens is 2. The summed E-state index contributed by atoms with van der Waals surface area (Å²) in [5.41, 5.74) is 0.413. The van der Waals surface area contributed by atoms with Crippen LogP contribution in [-0.2, 0) is 10.0 Å². The van der Waals surface area contributed by atoms with Crippen LogP contribution in [0.4, 0.5) is 4.39 Å². The van der Waals surface area contributed by atoms with Gasteiger partial charge in [-0.05, 0) is 37.4 Å². The third-order valence-electron chi connectivity index (χ3n) is 4.57. The molecule has 0 amide bonds. The average Bonchev–Trinajstić information content (AvgIpc) is 2.75. The molecule has 4 aromatic rings. The molecule has 0 spiro atoms. The molecule has 29 heavy (non-hydrogen) atoms. The SMILES string of the molecule is CNS(=O)(=O)c1cccc(-c2nn(-c3ccccc3F)c(=O)c3ccccc23)c1. The maximum atomic E-state index is 14.4. The van der Waals surface area contributed by atoms with E-state index in [0.717, 1.165) is 4.68 Å². The molecule has 8 heteroatoms. The van der Waals surface area contributed by atoms with Crippen LogP contribution in [0.5, 0.6) is 0 Å². The Kier molecular flexibility index (Phi) is 4.73. The minimum absolute atomic E-state index is 0.0171. The van der Waals surface area contributed by atoms with E-state index < -0.39 is 21.4 Å². The van der Waals surface area contributed by atoms with Crippen molar-refractivity contribution in [1.82, 2.24) is 14.5 Å². The van der Waals surface area contributed by atoms with Gasteiger partial charge in [0.15, 0.2) is 0 Å². The fraction of sp³-hybridized carbons (Fsp3) is 0.0476. The molecule has 0 bridgehead atoms. The zero-order valence-corrected chi connectivity index (χ0v) is 16.2. The maximum absolute atomic E-state index is 14.4. The summed E-state index contributed by atoms with van der Waals surface area (Å²) in [6.07, 6.45) is 0. The van der Waals surface area contributed by atoms with Gasteiger partial charge in [0.05, 0.1) is 16.0 Å². The highest BCUT2D eigenvalue weighted by molar-refractivity contribution is 7.89. The van der Waals surface area contributed by atoms with Gasteiger partial charge in [0.1, 0.15) is 11.5 Å². The number of fused-ring (bicyclic) bond motifs is 1. The summed E-state index contributed by atoms with van der Waals surface area (Å²) in [7, 11) is -2.34. The monoisotopic (exact) mass is 409 g/mol. The van der Waals surface area contributed by atoms with E-state index in [1.165, 1.54) is 37.4 Å². The number of nitrogens with one attached hydrogen (secondary N) is 1. The summed E-state index contributed by atoms with van der Waals surface area (Å²) in [6.45, 7) is 0. The minimum atomic E-state index is -3.67. The van der Waals surface area contributed by atoms with Crippen molar-refractivity contribution in [2.45, 2.75) is 4.90 Å². The molecule has 1 N–H and O–H groups in total. The van der Waals surface area contributed by atoms with Gasteiger partial charge < -0.3 is 0 Å². The lowest BCUT2D eigenvalue weighted by molar-refractivity contribution is 0.588. The molecule has 0 aliphatic heterocycles. The smallest absolute Gasteiger partial charge is 0.267 e. The highest BCUT2D eigenvalue weighted by Crippen LogP contribution is 2.27. The molecule has 4 rings (SSSR count). The Balaban J connectivity index is 2.06. The third kappa shape index (κ3) is 3.32. The van der Waals surface area contributed by atoms with Crippen LogP contribution in [0.15, 0.2) is 82.5 Å². The molecule has 0 atom stereocenters. The number of hydrogen-bond donors (Lipinski definition) is 1. The van der Waals surface area contributed by atoms with E-state index in [1.807, 2.05) is 0 Å². The number of rotatable bonds is 4. The van der Waals surface area contributed by atoms with E-state index in [-0.39, 0.29) is 10.6 Å². The quantitative estimate of drug-likeness (QED) is 0.562. The van der Waals surface area contributed by atoms with Gasteiger partial charge in [0.2, 0.25) is 10.0 Å². The molecule has 0 aliphatic rings. The molecular formula is C21H16FN3O3S. The van der Waals surface area contributed by atoms with Crippen LogP contribution in [0.1, 0.15) is 0 Å². The largest absolute Gasteiger partial charge is 0.279 e. The molecule has 0 saturated carbocycles. The summed E-state index contributed by atoms with van der Waals surface area (Å²) in [5, 5.41) is 5.29. The van der Waals surface area contributed by atoms with E-state index in [4.69, 9.17) is 0 Å². The fourth-order valence-corrected chi connectivity index (χ4v) is 3.89. The van der Waals surface area contributed by atoms with Gasteiger partial charge in [-0.3, -0.25) is 4.79 Å². The van der Waals surface area contributed by atoms with Crippen LogP contribution in [0.25, 0.3) is 27.7 Å². The van der Waals surface area contributed by atoms with E-state index in [1.54, 1.807) is 42.5 Å². The second-order valence-corrected chi connectivity index (χ2v) is 8.18. The molecular weight excluding hydrogens is 393 g/mol. The van der Waals surface area contributed by atoms with Crippen LogP contribution in [0, 0.1) is 5.82 Å². The summed E-state index contributed by atoms with van der Waals surface area (Å²) < 4.78 is 42.0. The number of benzene rings is 3. The number of sulfonamides is 1. The highest BCUT2D eigenvalue weighted by atomic mass is 32.2. The lowest BCUT2D eigenvalue weighted by Crippen LogP contribution is -2.23. The highest BCUT2D eigenvalue weighted by Gasteiger charge is 2.17. The molecule has 6 nitrogen and oxygen atoms in total. The van der Waals surface area contributed by atoms with Crippen LogP contribution in [0.3, 0.4) is 0 Å². The first-order chi connectivity index (χ1) is 13.9. The van der Waals surface area contributed by atoms with Gasteiger partial charge in [-0.1, -0.05) is 42.5 Å². The van der Waals surface area contributed by atoms with Gasteiger partial charge in [-0.25, -0.2) is 17.5 Å².